The zero-order chi connectivity index (χ0) is 12.6. The maximum absolute atomic E-state index is 11.5. The van der Waals surface area contributed by atoms with Gasteiger partial charge < -0.3 is 16.4 Å². The summed E-state index contributed by atoms with van der Waals surface area (Å²) in [6.45, 7) is 7.12. The van der Waals surface area contributed by atoms with Gasteiger partial charge in [-0.2, -0.15) is 0 Å². The van der Waals surface area contributed by atoms with Crippen molar-refractivity contribution in [2.45, 2.75) is 39.7 Å². The molecule has 0 radical (unpaired) electrons. The molecule has 0 fully saturated rings. The average molecular weight is 229 g/mol. The molecule has 1 unspecified atom stereocenters. The summed E-state index contributed by atoms with van der Waals surface area (Å²) in [7, 11) is 0. The van der Waals surface area contributed by atoms with E-state index in [0.29, 0.717) is 19.0 Å². The van der Waals surface area contributed by atoms with E-state index in [4.69, 9.17) is 5.73 Å². The Kier molecular flexibility index (Phi) is 7.54. The quantitative estimate of drug-likeness (QED) is 0.548. The van der Waals surface area contributed by atoms with Crippen molar-refractivity contribution >= 4 is 11.8 Å². The lowest BCUT2D eigenvalue weighted by molar-refractivity contribution is -0.123. The summed E-state index contributed by atoms with van der Waals surface area (Å²) in [6, 6.07) is -0.286. The molecule has 0 rings (SSSR count). The van der Waals surface area contributed by atoms with Crippen molar-refractivity contribution in [2.75, 3.05) is 13.1 Å². The van der Waals surface area contributed by atoms with Crippen LogP contribution in [0.3, 0.4) is 0 Å². The van der Waals surface area contributed by atoms with Crippen LogP contribution in [0.4, 0.5) is 0 Å². The first-order valence-corrected chi connectivity index (χ1v) is 5.73. The summed E-state index contributed by atoms with van der Waals surface area (Å²) in [5.41, 5.74) is 4.99. The number of hydrogen-bond acceptors (Lipinski definition) is 3. The van der Waals surface area contributed by atoms with E-state index in [1.165, 1.54) is 0 Å². The van der Waals surface area contributed by atoms with E-state index in [-0.39, 0.29) is 24.3 Å². The highest BCUT2D eigenvalue weighted by Gasteiger charge is 2.11. The molecule has 0 heterocycles. The number of hydrogen-bond donors (Lipinski definition) is 3. The zero-order valence-electron chi connectivity index (χ0n) is 10.4. The minimum atomic E-state index is -0.361. The molecule has 0 bridgehead atoms. The van der Waals surface area contributed by atoms with Gasteiger partial charge in [0.1, 0.15) is 0 Å². The van der Waals surface area contributed by atoms with E-state index < -0.39 is 0 Å². The molecule has 2 amide bonds. The topological polar surface area (TPSA) is 84.2 Å². The summed E-state index contributed by atoms with van der Waals surface area (Å²) < 4.78 is 0. The van der Waals surface area contributed by atoms with E-state index in [1.54, 1.807) is 6.92 Å². The monoisotopic (exact) mass is 229 g/mol. The third-order valence-corrected chi connectivity index (χ3v) is 2.24. The molecule has 0 aliphatic heterocycles. The molecule has 94 valence electrons. The predicted molar refractivity (Wildman–Crippen MR) is 63.7 cm³/mol. The molecule has 0 aromatic carbocycles. The third kappa shape index (κ3) is 8.23. The fraction of sp³-hybridized carbons (Fsp3) is 0.818. The maximum Gasteiger partial charge on any atom is 0.236 e. The number of rotatable bonds is 8. The Bertz CT molecular complexity index is 229. The lowest BCUT2D eigenvalue weighted by Crippen LogP contribution is -2.43. The Morgan fingerprint density at radius 3 is 2.31 bits per heavy atom. The number of amides is 2. The van der Waals surface area contributed by atoms with Crippen LogP contribution in [0.5, 0.6) is 0 Å². The Hall–Kier alpha value is -1.10. The molecule has 0 spiro atoms. The van der Waals surface area contributed by atoms with E-state index >= 15 is 0 Å². The second-order valence-electron chi connectivity index (χ2n) is 4.37. The molecule has 5 heteroatoms. The predicted octanol–water partition coefficient (Wildman–Crippen LogP) is 0.00220. The van der Waals surface area contributed by atoms with Gasteiger partial charge >= 0.3 is 0 Å². The van der Waals surface area contributed by atoms with Gasteiger partial charge in [0.15, 0.2) is 0 Å². The minimum absolute atomic E-state index is 0.0369. The first kappa shape index (κ1) is 14.9. The third-order valence-electron chi connectivity index (χ3n) is 2.24. The summed E-state index contributed by atoms with van der Waals surface area (Å²) in [6.07, 6.45) is 1.23. The molecular formula is C11H23N3O2. The van der Waals surface area contributed by atoms with Crippen molar-refractivity contribution in [1.82, 2.24) is 10.6 Å². The van der Waals surface area contributed by atoms with Crippen molar-refractivity contribution in [2.24, 2.45) is 11.7 Å². The second-order valence-corrected chi connectivity index (χ2v) is 4.37. The summed E-state index contributed by atoms with van der Waals surface area (Å²) >= 11 is 0. The molecular weight excluding hydrogens is 206 g/mol. The Morgan fingerprint density at radius 1 is 1.19 bits per heavy atom. The average Bonchev–Trinajstić information content (AvgIpc) is 2.16. The number of carbonyl (C=O) groups excluding carboxylic acids is 2. The van der Waals surface area contributed by atoms with Crippen LogP contribution in [-0.4, -0.2) is 30.9 Å². The highest BCUT2D eigenvalue weighted by atomic mass is 16.2. The van der Waals surface area contributed by atoms with Crippen LogP contribution in [0, 0.1) is 5.92 Å². The molecule has 0 saturated carbocycles. The maximum atomic E-state index is 11.5. The van der Waals surface area contributed by atoms with Gasteiger partial charge in [-0.3, -0.25) is 9.59 Å². The molecule has 0 aliphatic rings. The van der Waals surface area contributed by atoms with Gasteiger partial charge in [0.25, 0.3) is 0 Å². The second kappa shape index (κ2) is 8.10. The van der Waals surface area contributed by atoms with Crippen LogP contribution in [0.2, 0.25) is 0 Å². The largest absolute Gasteiger partial charge is 0.370 e. The number of primary amides is 1. The molecule has 0 aromatic heterocycles. The normalized spacial score (nSPS) is 12.5. The van der Waals surface area contributed by atoms with Crippen molar-refractivity contribution in [3.8, 4) is 0 Å². The minimum Gasteiger partial charge on any atom is -0.370 e. The van der Waals surface area contributed by atoms with Crippen LogP contribution in [0.25, 0.3) is 0 Å². The van der Waals surface area contributed by atoms with Crippen LogP contribution >= 0.6 is 0 Å². The Labute approximate surface area is 97.2 Å². The van der Waals surface area contributed by atoms with Crippen molar-refractivity contribution in [3.63, 3.8) is 0 Å². The van der Waals surface area contributed by atoms with Crippen molar-refractivity contribution in [3.05, 3.63) is 0 Å². The standard InChI is InChI=1S/C11H23N3O2/c1-8(2)4-6-14-11(16)9(3)13-7-5-10(12)15/h8-9,13H,4-7H2,1-3H3,(H2,12,15)(H,14,16). The zero-order valence-corrected chi connectivity index (χ0v) is 10.4. The molecule has 16 heavy (non-hydrogen) atoms. The molecule has 0 aromatic rings. The van der Waals surface area contributed by atoms with Crippen LogP contribution < -0.4 is 16.4 Å². The number of nitrogens with two attached hydrogens (primary N) is 1. The SMILES string of the molecule is CC(C)CCNC(=O)C(C)NCCC(N)=O. The van der Waals surface area contributed by atoms with E-state index in [9.17, 15) is 9.59 Å². The number of nitrogens with one attached hydrogen (secondary N) is 2. The van der Waals surface area contributed by atoms with Gasteiger partial charge in [-0.15, -0.1) is 0 Å². The van der Waals surface area contributed by atoms with Crippen molar-refractivity contribution in [1.29, 1.82) is 0 Å². The first-order chi connectivity index (χ1) is 7.43. The van der Waals surface area contributed by atoms with Gasteiger partial charge in [-0.1, -0.05) is 13.8 Å². The molecule has 4 N–H and O–H groups in total. The highest BCUT2D eigenvalue weighted by molar-refractivity contribution is 5.81. The summed E-state index contributed by atoms with van der Waals surface area (Å²) in [4.78, 5) is 22.0. The Balaban J connectivity index is 3.61. The number of carbonyl (C=O) groups is 2. The van der Waals surface area contributed by atoms with E-state index in [1.807, 2.05) is 0 Å². The van der Waals surface area contributed by atoms with E-state index in [0.717, 1.165) is 6.42 Å². The molecule has 0 saturated heterocycles. The van der Waals surface area contributed by atoms with Crippen molar-refractivity contribution < 1.29 is 9.59 Å². The first-order valence-electron chi connectivity index (χ1n) is 5.73. The lowest BCUT2D eigenvalue weighted by Gasteiger charge is -2.14. The molecule has 1 atom stereocenters. The molecule has 0 aliphatic carbocycles. The fourth-order valence-corrected chi connectivity index (χ4v) is 1.14. The smallest absolute Gasteiger partial charge is 0.236 e. The van der Waals surface area contributed by atoms with Crippen LogP contribution in [-0.2, 0) is 9.59 Å². The van der Waals surface area contributed by atoms with Gasteiger partial charge in [-0.25, -0.2) is 0 Å². The summed E-state index contributed by atoms with van der Waals surface area (Å²) in [5, 5.41) is 5.77. The summed E-state index contributed by atoms with van der Waals surface area (Å²) in [5.74, 6) is 0.184. The highest BCUT2D eigenvalue weighted by Crippen LogP contribution is 1.96. The van der Waals surface area contributed by atoms with Gasteiger partial charge in [-0.05, 0) is 19.3 Å². The van der Waals surface area contributed by atoms with Crippen LogP contribution in [0.15, 0.2) is 0 Å². The molecule has 5 nitrogen and oxygen atoms in total. The fourth-order valence-electron chi connectivity index (χ4n) is 1.14. The lowest BCUT2D eigenvalue weighted by atomic mass is 10.1. The van der Waals surface area contributed by atoms with Gasteiger partial charge in [0.2, 0.25) is 11.8 Å². The van der Waals surface area contributed by atoms with Gasteiger partial charge in [0, 0.05) is 19.5 Å². The van der Waals surface area contributed by atoms with Crippen LogP contribution in [0.1, 0.15) is 33.6 Å². The van der Waals surface area contributed by atoms with E-state index in [2.05, 4.69) is 24.5 Å². The Morgan fingerprint density at radius 2 is 1.81 bits per heavy atom. The van der Waals surface area contributed by atoms with Gasteiger partial charge in [0.05, 0.1) is 6.04 Å².